The summed E-state index contributed by atoms with van der Waals surface area (Å²) >= 11 is 11.6. The molecule has 0 bridgehead atoms. The van der Waals surface area contributed by atoms with Crippen molar-refractivity contribution in [3.05, 3.63) is 33.8 Å². The van der Waals surface area contributed by atoms with Crippen molar-refractivity contribution in [3.8, 4) is 0 Å². The van der Waals surface area contributed by atoms with E-state index >= 15 is 0 Å². The summed E-state index contributed by atoms with van der Waals surface area (Å²) < 4.78 is 0. The summed E-state index contributed by atoms with van der Waals surface area (Å²) in [7, 11) is 0. The minimum Gasteiger partial charge on any atom is -0.387 e. The van der Waals surface area contributed by atoms with Crippen LogP contribution in [0, 0.1) is 0 Å². The SMILES string of the molecule is CCNC[C@@H](O)c1ccc(Cl)c(Cl)c1. The van der Waals surface area contributed by atoms with E-state index in [1.165, 1.54) is 0 Å². The maximum absolute atomic E-state index is 9.70. The quantitative estimate of drug-likeness (QED) is 0.839. The van der Waals surface area contributed by atoms with E-state index in [2.05, 4.69) is 5.32 Å². The molecule has 1 aromatic rings. The van der Waals surface area contributed by atoms with Gasteiger partial charge in [0.1, 0.15) is 0 Å². The molecule has 0 amide bonds. The molecule has 0 saturated heterocycles. The van der Waals surface area contributed by atoms with Gasteiger partial charge in [-0.1, -0.05) is 36.2 Å². The molecule has 0 radical (unpaired) electrons. The molecule has 1 rings (SSSR count). The molecule has 2 N–H and O–H groups in total. The van der Waals surface area contributed by atoms with Gasteiger partial charge in [-0.15, -0.1) is 0 Å². The van der Waals surface area contributed by atoms with Crippen LogP contribution in [0.25, 0.3) is 0 Å². The highest BCUT2D eigenvalue weighted by Crippen LogP contribution is 2.25. The Kier molecular flexibility index (Phi) is 4.69. The molecule has 0 aromatic heterocycles. The van der Waals surface area contributed by atoms with Crippen LogP contribution in [0.15, 0.2) is 18.2 Å². The summed E-state index contributed by atoms with van der Waals surface area (Å²) in [5.41, 5.74) is 0.778. The molecule has 78 valence electrons. The van der Waals surface area contributed by atoms with E-state index in [9.17, 15) is 5.11 Å². The van der Waals surface area contributed by atoms with Crippen LogP contribution in [-0.4, -0.2) is 18.2 Å². The van der Waals surface area contributed by atoms with Crippen molar-refractivity contribution in [2.45, 2.75) is 13.0 Å². The topological polar surface area (TPSA) is 32.3 Å². The number of nitrogens with one attached hydrogen (secondary N) is 1. The van der Waals surface area contributed by atoms with Crippen LogP contribution in [0.1, 0.15) is 18.6 Å². The Morgan fingerprint density at radius 3 is 2.64 bits per heavy atom. The van der Waals surface area contributed by atoms with Crippen molar-refractivity contribution in [2.24, 2.45) is 0 Å². The number of benzene rings is 1. The first-order chi connectivity index (χ1) is 6.65. The molecule has 0 aliphatic carbocycles. The Labute approximate surface area is 93.8 Å². The lowest BCUT2D eigenvalue weighted by atomic mass is 10.1. The summed E-state index contributed by atoms with van der Waals surface area (Å²) in [5, 5.41) is 13.7. The highest BCUT2D eigenvalue weighted by molar-refractivity contribution is 6.42. The zero-order valence-corrected chi connectivity index (χ0v) is 9.44. The summed E-state index contributed by atoms with van der Waals surface area (Å²) in [6.45, 7) is 3.34. The second-order valence-electron chi connectivity index (χ2n) is 3.00. The van der Waals surface area contributed by atoms with Crippen LogP contribution < -0.4 is 5.32 Å². The molecule has 0 aliphatic rings. The van der Waals surface area contributed by atoms with Crippen molar-refractivity contribution < 1.29 is 5.11 Å². The first kappa shape index (κ1) is 11.8. The van der Waals surface area contributed by atoms with Gasteiger partial charge in [0, 0.05) is 6.54 Å². The third-order valence-electron chi connectivity index (χ3n) is 1.92. The van der Waals surface area contributed by atoms with E-state index < -0.39 is 6.10 Å². The summed E-state index contributed by atoms with van der Waals surface area (Å²) in [4.78, 5) is 0. The zero-order chi connectivity index (χ0) is 10.6. The van der Waals surface area contributed by atoms with Crippen LogP contribution >= 0.6 is 23.2 Å². The monoisotopic (exact) mass is 233 g/mol. The van der Waals surface area contributed by atoms with Gasteiger partial charge in [-0.05, 0) is 24.2 Å². The van der Waals surface area contributed by atoms with E-state index in [1.54, 1.807) is 18.2 Å². The average Bonchev–Trinajstić information content (AvgIpc) is 2.18. The number of aliphatic hydroxyl groups excluding tert-OH is 1. The smallest absolute Gasteiger partial charge is 0.0914 e. The fourth-order valence-electron chi connectivity index (χ4n) is 1.12. The number of aliphatic hydroxyl groups is 1. The second kappa shape index (κ2) is 5.56. The minimum atomic E-state index is -0.537. The lowest BCUT2D eigenvalue weighted by Crippen LogP contribution is -2.20. The number of halogens is 2. The molecule has 0 unspecified atom stereocenters. The first-order valence-electron chi connectivity index (χ1n) is 4.49. The van der Waals surface area contributed by atoms with Gasteiger partial charge in [0.15, 0.2) is 0 Å². The number of likely N-dealkylation sites (N-methyl/N-ethyl adjacent to an activating group) is 1. The van der Waals surface area contributed by atoms with Crippen molar-refractivity contribution >= 4 is 23.2 Å². The van der Waals surface area contributed by atoms with E-state index in [0.29, 0.717) is 16.6 Å². The van der Waals surface area contributed by atoms with Gasteiger partial charge in [-0.25, -0.2) is 0 Å². The Morgan fingerprint density at radius 1 is 1.36 bits per heavy atom. The largest absolute Gasteiger partial charge is 0.387 e. The lowest BCUT2D eigenvalue weighted by molar-refractivity contribution is 0.175. The summed E-state index contributed by atoms with van der Waals surface area (Å²) in [6.07, 6.45) is -0.537. The Hall–Kier alpha value is -0.280. The van der Waals surface area contributed by atoms with Crippen LogP contribution in [0.2, 0.25) is 10.0 Å². The zero-order valence-electron chi connectivity index (χ0n) is 7.93. The molecule has 0 spiro atoms. The van der Waals surface area contributed by atoms with Gasteiger partial charge in [-0.2, -0.15) is 0 Å². The van der Waals surface area contributed by atoms with Crippen LogP contribution in [-0.2, 0) is 0 Å². The Balaban J connectivity index is 2.70. The van der Waals surface area contributed by atoms with Gasteiger partial charge in [-0.3, -0.25) is 0 Å². The maximum Gasteiger partial charge on any atom is 0.0914 e. The fraction of sp³-hybridized carbons (Fsp3) is 0.400. The van der Waals surface area contributed by atoms with Gasteiger partial charge in [0.25, 0.3) is 0 Å². The number of hydrogen-bond donors (Lipinski definition) is 2. The minimum absolute atomic E-state index is 0.472. The maximum atomic E-state index is 9.70. The number of rotatable bonds is 4. The molecule has 0 aliphatic heterocycles. The highest BCUT2D eigenvalue weighted by Gasteiger charge is 2.08. The molecule has 0 saturated carbocycles. The normalized spacial score (nSPS) is 12.9. The van der Waals surface area contributed by atoms with Crippen molar-refractivity contribution in [3.63, 3.8) is 0 Å². The number of hydrogen-bond acceptors (Lipinski definition) is 2. The third kappa shape index (κ3) is 3.14. The predicted octanol–water partition coefficient (Wildman–Crippen LogP) is 2.64. The standard InChI is InChI=1S/C10H13Cl2NO/c1-2-13-6-10(14)7-3-4-8(11)9(12)5-7/h3-5,10,13-14H,2,6H2,1H3/t10-/m1/s1. The molecule has 14 heavy (non-hydrogen) atoms. The van der Waals surface area contributed by atoms with E-state index in [-0.39, 0.29) is 0 Å². The molecule has 0 fully saturated rings. The Bertz CT molecular complexity index is 304. The Morgan fingerprint density at radius 2 is 2.07 bits per heavy atom. The van der Waals surface area contributed by atoms with Crippen molar-refractivity contribution in [1.29, 1.82) is 0 Å². The van der Waals surface area contributed by atoms with Crippen LogP contribution in [0.4, 0.5) is 0 Å². The van der Waals surface area contributed by atoms with Gasteiger partial charge in [0.2, 0.25) is 0 Å². The van der Waals surface area contributed by atoms with Crippen LogP contribution in [0.5, 0.6) is 0 Å². The molecular weight excluding hydrogens is 221 g/mol. The first-order valence-corrected chi connectivity index (χ1v) is 5.24. The van der Waals surface area contributed by atoms with E-state index in [1.807, 2.05) is 6.92 Å². The molecule has 4 heteroatoms. The van der Waals surface area contributed by atoms with Gasteiger partial charge < -0.3 is 10.4 Å². The molecule has 1 aromatic carbocycles. The van der Waals surface area contributed by atoms with Gasteiger partial charge in [0.05, 0.1) is 16.1 Å². The molecular formula is C10H13Cl2NO. The third-order valence-corrected chi connectivity index (χ3v) is 2.66. The van der Waals surface area contributed by atoms with Crippen LogP contribution in [0.3, 0.4) is 0 Å². The molecule has 2 nitrogen and oxygen atoms in total. The average molecular weight is 234 g/mol. The van der Waals surface area contributed by atoms with E-state index in [0.717, 1.165) is 12.1 Å². The summed E-state index contributed by atoms with van der Waals surface area (Å²) in [6, 6.07) is 5.15. The lowest BCUT2D eigenvalue weighted by Gasteiger charge is -2.11. The molecule has 0 heterocycles. The fourth-order valence-corrected chi connectivity index (χ4v) is 1.43. The van der Waals surface area contributed by atoms with Gasteiger partial charge >= 0.3 is 0 Å². The van der Waals surface area contributed by atoms with Crippen molar-refractivity contribution in [2.75, 3.05) is 13.1 Å². The summed E-state index contributed by atoms with van der Waals surface area (Å²) in [5.74, 6) is 0. The molecule has 1 atom stereocenters. The highest BCUT2D eigenvalue weighted by atomic mass is 35.5. The second-order valence-corrected chi connectivity index (χ2v) is 3.81. The van der Waals surface area contributed by atoms with E-state index in [4.69, 9.17) is 23.2 Å². The van der Waals surface area contributed by atoms with Crippen molar-refractivity contribution in [1.82, 2.24) is 5.32 Å². The predicted molar refractivity (Wildman–Crippen MR) is 60.0 cm³/mol.